The number of allylic oxidation sites excluding steroid dienone is 4. The molecule has 236 valence electrons. The van der Waals surface area contributed by atoms with Crippen LogP contribution in [0.3, 0.4) is 0 Å². The summed E-state index contributed by atoms with van der Waals surface area (Å²) in [4.78, 5) is 10.0. The average molecular weight is 643 g/mol. The summed E-state index contributed by atoms with van der Waals surface area (Å²) in [6, 6.07) is 45.5. The number of benzene rings is 4. The molecule has 0 aliphatic heterocycles. The Morgan fingerprint density at radius 2 is 1.00 bits per heavy atom. The molecule has 6 heteroatoms. The first kappa shape index (κ1) is 27.3. The van der Waals surface area contributed by atoms with Crippen molar-refractivity contribution < 1.29 is 0 Å². The molecule has 6 nitrogen and oxygen atoms in total. The number of hydrogen-bond acceptors (Lipinski definition) is 2. The smallest absolute Gasteiger partial charge is 0.146 e. The molecule has 6 aromatic heterocycles. The van der Waals surface area contributed by atoms with Crippen molar-refractivity contribution in [3.8, 4) is 17.1 Å². The summed E-state index contributed by atoms with van der Waals surface area (Å²) in [6.07, 6.45) is 12.5. The van der Waals surface area contributed by atoms with Crippen molar-refractivity contribution in [1.82, 2.24) is 28.2 Å². The lowest BCUT2D eigenvalue weighted by Gasteiger charge is -2.17. The third kappa shape index (κ3) is 3.67. The molecule has 0 bridgehead atoms. The van der Waals surface area contributed by atoms with E-state index in [1.165, 1.54) is 38.3 Å². The Morgan fingerprint density at radius 3 is 1.62 bits per heavy atom. The standard InChI is InChI=1S/C44H30N6/c1-3-14-29(15-4-1)47-37-24-9-7-20-33(37)39-35-22-12-26-45-41(35)49(43(39)47)31-18-11-19-32(28-31)50-42-36(23-13-27-46-42)40-34-21-8-10-25-38(34)48(44(40)50)30-16-5-2-6-17-30/h1-5,7-16,18-28H,6,17H2. The van der Waals surface area contributed by atoms with Gasteiger partial charge in [0.15, 0.2) is 0 Å². The molecular weight excluding hydrogens is 613 g/mol. The fourth-order valence-electron chi connectivity index (χ4n) is 8.31. The third-order valence-electron chi connectivity index (χ3n) is 10.3. The maximum atomic E-state index is 5.03. The second kappa shape index (κ2) is 10.4. The van der Waals surface area contributed by atoms with Crippen LogP contribution >= 0.6 is 0 Å². The van der Waals surface area contributed by atoms with Crippen LogP contribution < -0.4 is 0 Å². The van der Waals surface area contributed by atoms with Gasteiger partial charge in [0.2, 0.25) is 0 Å². The van der Waals surface area contributed by atoms with Crippen LogP contribution in [0.1, 0.15) is 12.8 Å². The Hall–Kier alpha value is -6.66. The first-order valence-electron chi connectivity index (χ1n) is 17.2. The zero-order valence-corrected chi connectivity index (χ0v) is 27.1. The third-order valence-corrected chi connectivity index (χ3v) is 10.3. The Kier molecular flexibility index (Phi) is 5.69. The van der Waals surface area contributed by atoms with Crippen molar-refractivity contribution in [3.05, 3.63) is 158 Å². The number of fused-ring (bicyclic) bond motifs is 10. The molecule has 0 N–H and O–H groups in total. The molecule has 50 heavy (non-hydrogen) atoms. The summed E-state index contributed by atoms with van der Waals surface area (Å²) in [7, 11) is 0. The van der Waals surface area contributed by atoms with E-state index in [0.717, 1.165) is 63.3 Å². The van der Waals surface area contributed by atoms with Gasteiger partial charge >= 0.3 is 0 Å². The minimum absolute atomic E-state index is 0.930. The van der Waals surface area contributed by atoms with Crippen LogP contribution in [0, 0.1) is 0 Å². The van der Waals surface area contributed by atoms with Gasteiger partial charge in [-0.1, -0.05) is 72.8 Å². The number of hydrogen-bond donors (Lipinski definition) is 0. The Labute approximate surface area is 287 Å². The van der Waals surface area contributed by atoms with Gasteiger partial charge in [0.25, 0.3) is 0 Å². The SMILES string of the molecule is C1=CCCC(n2c3ccccc3c3c4cccnc4n(-c4cccc(-n5c6ncccc6c6c7ccccc7n(-c7ccccc7)c65)c4)c32)=C1. The summed E-state index contributed by atoms with van der Waals surface area (Å²) < 4.78 is 9.53. The van der Waals surface area contributed by atoms with Gasteiger partial charge < -0.3 is 0 Å². The molecule has 10 aromatic rings. The molecule has 11 rings (SSSR count). The largest absolute Gasteiger partial charge is 0.299 e. The van der Waals surface area contributed by atoms with Gasteiger partial charge in [-0.3, -0.25) is 18.3 Å². The fourth-order valence-corrected chi connectivity index (χ4v) is 8.31. The Bertz CT molecular complexity index is 3040. The predicted octanol–water partition coefficient (Wildman–Crippen LogP) is 10.8. The topological polar surface area (TPSA) is 45.5 Å². The second-order valence-electron chi connectivity index (χ2n) is 13.0. The molecule has 0 fully saturated rings. The highest BCUT2D eigenvalue weighted by atomic mass is 15.2. The summed E-state index contributed by atoms with van der Waals surface area (Å²) in [5.74, 6) is 0. The van der Waals surface area contributed by atoms with E-state index in [0.29, 0.717) is 0 Å². The van der Waals surface area contributed by atoms with Crippen molar-refractivity contribution in [2.75, 3.05) is 0 Å². The zero-order valence-electron chi connectivity index (χ0n) is 27.1. The van der Waals surface area contributed by atoms with Gasteiger partial charge in [0.1, 0.15) is 22.6 Å². The van der Waals surface area contributed by atoms with Crippen molar-refractivity contribution in [2.45, 2.75) is 12.8 Å². The fraction of sp³-hybridized carbons (Fsp3) is 0.0455. The van der Waals surface area contributed by atoms with Gasteiger partial charge in [-0.15, -0.1) is 0 Å². The molecule has 4 aromatic carbocycles. The minimum atomic E-state index is 0.930. The molecule has 0 unspecified atom stereocenters. The number of nitrogens with zero attached hydrogens (tertiary/aromatic N) is 6. The highest BCUT2D eigenvalue weighted by Gasteiger charge is 2.25. The predicted molar refractivity (Wildman–Crippen MR) is 206 cm³/mol. The van der Waals surface area contributed by atoms with E-state index in [2.05, 4.69) is 152 Å². The lowest BCUT2D eigenvalue weighted by atomic mass is 10.1. The van der Waals surface area contributed by atoms with Crippen LogP contribution in [0.2, 0.25) is 0 Å². The monoisotopic (exact) mass is 642 g/mol. The highest BCUT2D eigenvalue weighted by Crippen LogP contribution is 2.43. The highest BCUT2D eigenvalue weighted by molar-refractivity contribution is 6.23. The van der Waals surface area contributed by atoms with Crippen LogP contribution in [0.15, 0.2) is 158 Å². The van der Waals surface area contributed by atoms with Crippen molar-refractivity contribution in [1.29, 1.82) is 0 Å². The summed E-state index contributed by atoms with van der Waals surface area (Å²) >= 11 is 0. The first-order chi connectivity index (χ1) is 24.9. The van der Waals surface area contributed by atoms with Gasteiger partial charge in [0.05, 0.1) is 22.4 Å². The molecule has 0 radical (unpaired) electrons. The minimum Gasteiger partial charge on any atom is -0.299 e. The summed E-state index contributed by atoms with van der Waals surface area (Å²) in [5.41, 5.74) is 11.0. The Morgan fingerprint density at radius 1 is 0.460 bits per heavy atom. The zero-order chi connectivity index (χ0) is 32.8. The molecule has 0 spiro atoms. The van der Waals surface area contributed by atoms with Crippen molar-refractivity contribution >= 4 is 71.6 Å². The average Bonchev–Trinajstić information content (AvgIpc) is 3.90. The van der Waals surface area contributed by atoms with Crippen LogP contribution in [-0.4, -0.2) is 28.2 Å². The molecule has 0 atom stereocenters. The number of pyridine rings is 2. The Balaban J connectivity index is 1.27. The van der Waals surface area contributed by atoms with Crippen LogP contribution in [-0.2, 0) is 0 Å². The van der Waals surface area contributed by atoms with E-state index in [1.807, 2.05) is 24.5 Å². The van der Waals surface area contributed by atoms with E-state index in [-0.39, 0.29) is 0 Å². The second-order valence-corrected chi connectivity index (χ2v) is 13.0. The molecule has 1 aliphatic rings. The quantitative estimate of drug-likeness (QED) is 0.192. The van der Waals surface area contributed by atoms with Crippen molar-refractivity contribution in [2.24, 2.45) is 0 Å². The van der Waals surface area contributed by atoms with Crippen LogP contribution in [0.4, 0.5) is 0 Å². The molecule has 0 amide bonds. The van der Waals surface area contributed by atoms with Crippen LogP contribution in [0.5, 0.6) is 0 Å². The number of aromatic nitrogens is 6. The molecule has 6 heterocycles. The van der Waals surface area contributed by atoms with E-state index in [1.54, 1.807) is 0 Å². The summed E-state index contributed by atoms with van der Waals surface area (Å²) in [6.45, 7) is 0. The molecule has 1 aliphatic carbocycles. The van der Waals surface area contributed by atoms with Crippen LogP contribution in [0.25, 0.3) is 88.7 Å². The first-order valence-corrected chi connectivity index (χ1v) is 17.2. The summed E-state index contributed by atoms with van der Waals surface area (Å²) in [5, 5.41) is 7.15. The lowest BCUT2D eigenvalue weighted by molar-refractivity contribution is 0.957. The van der Waals surface area contributed by atoms with E-state index in [4.69, 9.17) is 9.97 Å². The normalized spacial score (nSPS) is 13.5. The molecule has 0 saturated carbocycles. The van der Waals surface area contributed by atoms with E-state index >= 15 is 0 Å². The molecule has 0 saturated heterocycles. The van der Waals surface area contributed by atoms with E-state index in [9.17, 15) is 0 Å². The maximum Gasteiger partial charge on any atom is 0.146 e. The number of rotatable bonds is 4. The van der Waals surface area contributed by atoms with Gasteiger partial charge in [-0.25, -0.2) is 9.97 Å². The van der Waals surface area contributed by atoms with Crippen molar-refractivity contribution in [3.63, 3.8) is 0 Å². The van der Waals surface area contributed by atoms with Gasteiger partial charge in [-0.05, 0) is 85.6 Å². The van der Waals surface area contributed by atoms with Gasteiger partial charge in [0, 0.05) is 56.1 Å². The molecular formula is C44H30N6. The lowest BCUT2D eigenvalue weighted by Crippen LogP contribution is -2.06. The van der Waals surface area contributed by atoms with E-state index < -0.39 is 0 Å². The van der Waals surface area contributed by atoms with Gasteiger partial charge in [-0.2, -0.15) is 0 Å². The maximum absolute atomic E-state index is 5.03. The number of para-hydroxylation sites is 3.